The fraction of sp³-hybridized carbons (Fsp3) is 0.208. The molecule has 0 unspecified atom stereocenters. The van der Waals surface area contributed by atoms with Gasteiger partial charge in [0.05, 0.1) is 23.5 Å². The van der Waals surface area contributed by atoms with Crippen molar-refractivity contribution in [2.45, 2.75) is 32.9 Å². The number of hydrogen-bond donors (Lipinski definition) is 0. The van der Waals surface area contributed by atoms with Crippen LogP contribution in [0.5, 0.6) is 0 Å². The molecule has 3 aromatic rings. The number of rotatable bonds is 7. The number of likely N-dealkylation sites (tertiary alicyclic amines) is 1. The molecule has 0 N–H and O–H groups in total. The van der Waals surface area contributed by atoms with Crippen LogP contribution in [0.15, 0.2) is 60.0 Å². The van der Waals surface area contributed by atoms with E-state index in [0.717, 1.165) is 5.56 Å². The first-order valence-corrected chi connectivity index (χ1v) is 11.2. The maximum absolute atomic E-state index is 12.4. The van der Waals surface area contributed by atoms with Crippen LogP contribution in [-0.4, -0.2) is 33.6 Å². The Bertz CT molecular complexity index is 1170. The lowest BCUT2D eigenvalue weighted by atomic mass is 10.1. The zero-order valence-electron chi connectivity index (χ0n) is 17.9. The number of thiazole rings is 1. The molecule has 0 atom stereocenters. The van der Waals surface area contributed by atoms with E-state index in [9.17, 15) is 19.2 Å². The Balaban J connectivity index is 1.36. The van der Waals surface area contributed by atoms with E-state index in [0.29, 0.717) is 22.1 Å². The van der Waals surface area contributed by atoms with E-state index in [2.05, 4.69) is 4.98 Å². The van der Waals surface area contributed by atoms with Gasteiger partial charge in [0.1, 0.15) is 6.61 Å². The second-order valence-electron chi connectivity index (χ2n) is 7.46. The summed E-state index contributed by atoms with van der Waals surface area (Å²) in [5, 5.41) is 2.24. The summed E-state index contributed by atoms with van der Waals surface area (Å²) in [7, 11) is 0. The maximum atomic E-state index is 12.4. The van der Waals surface area contributed by atoms with Crippen molar-refractivity contribution in [3.05, 3.63) is 76.8 Å². The van der Waals surface area contributed by atoms with Gasteiger partial charge >= 0.3 is 5.97 Å². The number of nitrogens with zero attached hydrogens (tertiary/aromatic N) is 3. The molecule has 0 aliphatic carbocycles. The van der Waals surface area contributed by atoms with Gasteiger partial charge in [0.25, 0.3) is 0 Å². The second-order valence-corrected chi connectivity index (χ2v) is 8.29. The van der Waals surface area contributed by atoms with Gasteiger partial charge in [0, 0.05) is 25.1 Å². The van der Waals surface area contributed by atoms with Gasteiger partial charge in [-0.1, -0.05) is 30.3 Å². The minimum atomic E-state index is -0.518. The molecule has 3 amide bonds. The van der Waals surface area contributed by atoms with Crippen LogP contribution in [0, 0.1) is 0 Å². The van der Waals surface area contributed by atoms with Gasteiger partial charge in [0.15, 0.2) is 5.13 Å². The highest BCUT2D eigenvalue weighted by Gasteiger charge is 2.28. The number of imide groups is 1. The molecule has 8 nitrogen and oxygen atoms in total. The third-order valence-electron chi connectivity index (χ3n) is 5.10. The number of hydrogen-bond acceptors (Lipinski definition) is 7. The summed E-state index contributed by atoms with van der Waals surface area (Å²) < 4.78 is 5.36. The van der Waals surface area contributed by atoms with Crippen LogP contribution in [0.4, 0.5) is 10.8 Å². The third-order valence-corrected chi connectivity index (χ3v) is 5.97. The Morgan fingerprint density at radius 1 is 1.03 bits per heavy atom. The average Bonchev–Trinajstić information content (AvgIpc) is 3.40. The molecule has 33 heavy (non-hydrogen) atoms. The van der Waals surface area contributed by atoms with E-state index < -0.39 is 5.97 Å². The van der Waals surface area contributed by atoms with Crippen LogP contribution in [-0.2, 0) is 32.3 Å². The summed E-state index contributed by atoms with van der Waals surface area (Å²) in [6.45, 7) is 1.63. The van der Waals surface area contributed by atoms with Crippen molar-refractivity contribution < 1.29 is 23.9 Å². The van der Waals surface area contributed by atoms with E-state index in [4.69, 9.17) is 4.74 Å². The van der Waals surface area contributed by atoms with Gasteiger partial charge < -0.3 is 4.74 Å². The number of amides is 3. The van der Waals surface area contributed by atoms with Crippen molar-refractivity contribution in [1.29, 1.82) is 0 Å². The lowest BCUT2D eigenvalue weighted by Gasteiger charge is -2.17. The summed E-state index contributed by atoms with van der Waals surface area (Å²) in [4.78, 5) is 55.2. The highest BCUT2D eigenvalue weighted by molar-refractivity contribution is 7.14. The van der Waals surface area contributed by atoms with Gasteiger partial charge in [-0.15, -0.1) is 11.3 Å². The quantitative estimate of drug-likeness (QED) is 0.390. The zero-order chi connectivity index (χ0) is 23.4. The summed E-state index contributed by atoms with van der Waals surface area (Å²) in [6.07, 6.45) is 0.494. The minimum absolute atomic E-state index is 0.0333. The van der Waals surface area contributed by atoms with Crippen molar-refractivity contribution >= 4 is 45.8 Å². The Kier molecular flexibility index (Phi) is 6.60. The van der Waals surface area contributed by atoms with E-state index in [1.54, 1.807) is 29.6 Å². The van der Waals surface area contributed by atoms with Crippen LogP contribution in [0.3, 0.4) is 0 Å². The van der Waals surface area contributed by atoms with Gasteiger partial charge in [-0.25, -0.2) is 9.78 Å². The molecule has 1 aliphatic heterocycles. The Labute approximate surface area is 194 Å². The van der Waals surface area contributed by atoms with Gasteiger partial charge in [-0.2, -0.15) is 0 Å². The number of ether oxygens (including phenoxy) is 1. The molecule has 1 aromatic heterocycles. The highest BCUT2D eigenvalue weighted by atomic mass is 32.1. The highest BCUT2D eigenvalue weighted by Crippen LogP contribution is 2.29. The fourth-order valence-electron chi connectivity index (χ4n) is 3.42. The smallest absolute Gasteiger partial charge is 0.338 e. The number of aromatic nitrogens is 1. The molecule has 4 rings (SSSR count). The zero-order valence-corrected chi connectivity index (χ0v) is 18.7. The molecule has 168 valence electrons. The van der Waals surface area contributed by atoms with E-state index in [1.807, 2.05) is 30.3 Å². The van der Waals surface area contributed by atoms with Crippen LogP contribution in [0.25, 0.3) is 0 Å². The van der Waals surface area contributed by atoms with E-state index in [1.165, 1.54) is 28.1 Å². The molecule has 1 fully saturated rings. The van der Waals surface area contributed by atoms with Crippen LogP contribution >= 0.6 is 11.3 Å². The maximum Gasteiger partial charge on any atom is 0.338 e. The van der Waals surface area contributed by atoms with Gasteiger partial charge in [-0.05, 0) is 29.8 Å². The lowest BCUT2D eigenvalue weighted by Crippen LogP contribution is -2.28. The monoisotopic (exact) mass is 463 g/mol. The number of esters is 1. The summed E-state index contributed by atoms with van der Waals surface area (Å²) in [6, 6.07) is 15.8. The predicted molar refractivity (Wildman–Crippen MR) is 122 cm³/mol. The van der Waals surface area contributed by atoms with Crippen molar-refractivity contribution in [3.8, 4) is 0 Å². The molecule has 0 saturated carbocycles. The van der Waals surface area contributed by atoms with Gasteiger partial charge in [-0.3, -0.25) is 24.2 Å². The van der Waals surface area contributed by atoms with Crippen molar-refractivity contribution in [2.75, 3.05) is 4.90 Å². The Hall–Kier alpha value is -3.85. The standard InChI is InChI=1S/C24H21N3O5S/c1-16(28)27(20-5-3-2-4-6-20)24-25-19(15-33-24)14-32-23(31)18-9-7-17(8-10-18)13-26-21(29)11-12-22(26)30/h2-10,15H,11-14H2,1H3. The van der Waals surface area contributed by atoms with Crippen LogP contribution in [0.1, 0.15) is 41.4 Å². The fourth-order valence-corrected chi connectivity index (χ4v) is 4.29. The third kappa shape index (κ3) is 5.15. The Morgan fingerprint density at radius 2 is 1.70 bits per heavy atom. The SMILES string of the molecule is CC(=O)N(c1ccccc1)c1nc(COC(=O)c2ccc(CN3C(=O)CCC3=O)cc2)cs1. The number of carbonyl (C=O) groups is 4. The van der Waals surface area contributed by atoms with Crippen molar-refractivity contribution in [2.24, 2.45) is 0 Å². The second kappa shape index (κ2) is 9.74. The van der Waals surface area contributed by atoms with Crippen molar-refractivity contribution in [3.63, 3.8) is 0 Å². The predicted octanol–water partition coefficient (Wildman–Crippen LogP) is 3.83. The van der Waals surface area contributed by atoms with Crippen molar-refractivity contribution in [1.82, 2.24) is 9.88 Å². The van der Waals surface area contributed by atoms with E-state index in [-0.39, 0.29) is 43.7 Å². The molecule has 0 radical (unpaired) electrons. The largest absolute Gasteiger partial charge is 0.456 e. The summed E-state index contributed by atoms with van der Waals surface area (Å²) >= 11 is 1.29. The molecule has 2 aromatic carbocycles. The van der Waals surface area contributed by atoms with Gasteiger partial charge in [0.2, 0.25) is 17.7 Å². The number of anilines is 2. The molecule has 1 saturated heterocycles. The van der Waals surface area contributed by atoms with E-state index >= 15 is 0 Å². The Morgan fingerprint density at radius 3 is 2.33 bits per heavy atom. The average molecular weight is 464 g/mol. The summed E-state index contributed by atoms with van der Waals surface area (Å²) in [5.74, 6) is -1.05. The molecule has 1 aliphatic rings. The topological polar surface area (TPSA) is 96.9 Å². The molecule has 9 heteroatoms. The molecule has 0 bridgehead atoms. The number of carbonyl (C=O) groups excluding carboxylic acids is 4. The molecule has 0 spiro atoms. The first-order valence-electron chi connectivity index (χ1n) is 10.3. The normalized spacial score (nSPS) is 13.3. The minimum Gasteiger partial charge on any atom is -0.456 e. The van der Waals surface area contributed by atoms with Crippen LogP contribution in [0.2, 0.25) is 0 Å². The number of benzene rings is 2. The number of para-hydroxylation sites is 1. The lowest BCUT2D eigenvalue weighted by molar-refractivity contribution is -0.139. The first-order chi connectivity index (χ1) is 15.9. The molecular formula is C24H21N3O5S. The molecular weight excluding hydrogens is 442 g/mol. The van der Waals surface area contributed by atoms with Crippen LogP contribution < -0.4 is 4.90 Å². The molecule has 2 heterocycles. The first kappa shape index (κ1) is 22.3. The summed E-state index contributed by atoms with van der Waals surface area (Å²) in [5.41, 5.74) is 2.35.